The van der Waals surface area contributed by atoms with Crippen molar-refractivity contribution in [2.45, 2.75) is 19.6 Å². The fourth-order valence-electron chi connectivity index (χ4n) is 3.58. The summed E-state index contributed by atoms with van der Waals surface area (Å²) >= 11 is 0. The number of guanidine groups is 1. The van der Waals surface area contributed by atoms with Crippen molar-refractivity contribution < 1.29 is 14.2 Å². The maximum Gasteiger partial charge on any atom is 0.194 e. The van der Waals surface area contributed by atoms with Crippen LogP contribution in [0.15, 0.2) is 47.5 Å². The zero-order chi connectivity index (χ0) is 19.9. The second-order valence-corrected chi connectivity index (χ2v) is 6.72. The van der Waals surface area contributed by atoms with Gasteiger partial charge in [-0.2, -0.15) is 0 Å². The van der Waals surface area contributed by atoms with Gasteiger partial charge in [-0.25, -0.2) is 0 Å². The summed E-state index contributed by atoms with van der Waals surface area (Å²) in [6, 6.07) is 14.3. The maximum atomic E-state index is 6.04. The molecule has 28 heavy (non-hydrogen) atoms. The monoisotopic (exact) mass is 383 g/mol. The molecule has 0 aliphatic carbocycles. The molecule has 2 aromatic carbocycles. The molecule has 1 saturated heterocycles. The second-order valence-electron chi connectivity index (χ2n) is 6.72. The van der Waals surface area contributed by atoms with Crippen LogP contribution in [0.3, 0.4) is 0 Å². The third-order valence-electron chi connectivity index (χ3n) is 5.03. The van der Waals surface area contributed by atoms with Crippen LogP contribution in [0, 0.1) is 6.92 Å². The number of morpholine rings is 1. The summed E-state index contributed by atoms with van der Waals surface area (Å²) in [7, 11) is 5.11. The van der Waals surface area contributed by atoms with Crippen molar-refractivity contribution in [2.24, 2.45) is 4.99 Å². The number of aryl methyl sites for hydroxylation is 1. The Morgan fingerprint density at radius 1 is 1.18 bits per heavy atom. The zero-order valence-electron chi connectivity index (χ0n) is 17.1. The van der Waals surface area contributed by atoms with Crippen molar-refractivity contribution >= 4 is 5.96 Å². The summed E-state index contributed by atoms with van der Waals surface area (Å²) in [6.07, 6.45) is 0.0415. The third kappa shape index (κ3) is 4.39. The van der Waals surface area contributed by atoms with Gasteiger partial charge in [-0.05, 0) is 24.1 Å². The molecule has 0 saturated carbocycles. The second kappa shape index (κ2) is 9.46. The van der Waals surface area contributed by atoms with Gasteiger partial charge in [-0.1, -0.05) is 36.4 Å². The smallest absolute Gasteiger partial charge is 0.194 e. The first kappa shape index (κ1) is 20.0. The van der Waals surface area contributed by atoms with Crippen LogP contribution in [0.5, 0.6) is 11.5 Å². The lowest BCUT2D eigenvalue weighted by Gasteiger charge is -2.35. The molecule has 1 atom stereocenters. The molecule has 150 valence electrons. The van der Waals surface area contributed by atoms with E-state index in [0.717, 1.165) is 36.1 Å². The minimum atomic E-state index is 0.0415. The van der Waals surface area contributed by atoms with Crippen LogP contribution >= 0.6 is 0 Å². The molecule has 1 fully saturated rings. The van der Waals surface area contributed by atoms with Crippen molar-refractivity contribution in [2.75, 3.05) is 41.0 Å². The molecule has 6 nitrogen and oxygen atoms in total. The molecule has 1 heterocycles. The van der Waals surface area contributed by atoms with Gasteiger partial charge < -0.3 is 24.4 Å². The lowest BCUT2D eigenvalue weighted by Crippen LogP contribution is -2.48. The van der Waals surface area contributed by atoms with Crippen LogP contribution in [-0.4, -0.2) is 51.8 Å². The summed E-state index contributed by atoms with van der Waals surface area (Å²) in [4.78, 5) is 6.72. The molecule has 0 bridgehead atoms. The molecular formula is C22H29N3O3. The lowest BCUT2D eigenvalue weighted by atomic mass is 10.0. The quantitative estimate of drug-likeness (QED) is 0.635. The molecule has 1 unspecified atom stereocenters. The first-order chi connectivity index (χ1) is 13.7. The van der Waals surface area contributed by atoms with Crippen LogP contribution in [0.2, 0.25) is 0 Å². The van der Waals surface area contributed by atoms with E-state index in [1.807, 2.05) is 25.2 Å². The van der Waals surface area contributed by atoms with Crippen LogP contribution in [0.4, 0.5) is 0 Å². The highest BCUT2D eigenvalue weighted by Gasteiger charge is 2.25. The number of methoxy groups -OCH3 is 2. The number of nitrogens with zero attached hydrogens (tertiary/aromatic N) is 2. The van der Waals surface area contributed by atoms with E-state index in [1.54, 1.807) is 14.2 Å². The Labute approximate surface area is 167 Å². The van der Waals surface area contributed by atoms with Gasteiger partial charge in [-0.3, -0.25) is 4.99 Å². The van der Waals surface area contributed by atoms with Crippen LogP contribution in [0.1, 0.15) is 22.8 Å². The normalized spacial score (nSPS) is 17.4. The van der Waals surface area contributed by atoms with E-state index in [-0.39, 0.29) is 6.10 Å². The minimum Gasteiger partial charge on any atom is -0.493 e. The Bertz CT molecular complexity index is 822. The molecule has 6 heteroatoms. The number of nitrogens with one attached hydrogen (secondary N) is 1. The molecule has 1 aliphatic heterocycles. The number of hydrogen-bond donors (Lipinski definition) is 1. The molecule has 0 radical (unpaired) electrons. The Morgan fingerprint density at radius 3 is 2.71 bits per heavy atom. The average Bonchev–Trinajstić information content (AvgIpc) is 2.74. The summed E-state index contributed by atoms with van der Waals surface area (Å²) in [5.74, 6) is 2.32. The molecule has 1 N–H and O–H groups in total. The molecule has 0 amide bonds. The van der Waals surface area contributed by atoms with Gasteiger partial charge in [-0.15, -0.1) is 0 Å². The van der Waals surface area contributed by atoms with Gasteiger partial charge in [0.2, 0.25) is 0 Å². The summed E-state index contributed by atoms with van der Waals surface area (Å²) in [5, 5.41) is 3.45. The minimum absolute atomic E-state index is 0.0415. The van der Waals surface area contributed by atoms with E-state index in [4.69, 9.17) is 14.2 Å². The predicted molar refractivity (Wildman–Crippen MR) is 111 cm³/mol. The van der Waals surface area contributed by atoms with Gasteiger partial charge in [0.25, 0.3) is 0 Å². The Morgan fingerprint density at radius 2 is 2.00 bits per heavy atom. The highest BCUT2D eigenvalue weighted by Crippen LogP contribution is 2.30. The number of ether oxygens (including phenoxy) is 3. The first-order valence-electron chi connectivity index (χ1n) is 9.50. The van der Waals surface area contributed by atoms with Crippen molar-refractivity contribution in [3.63, 3.8) is 0 Å². The maximum absolute atomic E-state index is 6.04. The molecule has 2 aromatic rings. The number of aliphatic imine (C=N–C) groups is 1. The van der Waals surface area contributed by atoms with Crippen molar-refractivity contribution in [1.82, 2.24) is 10.2 Å². The Hall–Kier alpha value is -2.73. The lowest BCUT2D eigenvalue weighted by molar-refractivity contribution is -0.00834. The molecule has 3 rings (SSSR count). The first-order valence-corrected chi connectivity index (χ1v) is 9.50. The number of para-hydroxylation sites is 1. The van der Waals surface area contributed by atoms with Gasteiger partial charge in [0.1, 0.15) is 6.10 Å². The van der Waals surface area contributed by atoms with E-state index in [1.165, 1.54) is 11.1 Å². The molecular weight excluding hydrogens is 354 g/mol. The third-order valence-corrected chi connectivity index (χ3v) is 5.03. The van der Waals surface area contributed by atoms with Gasteiger partial charge in [0.05, 0.1) is 27.4 Å². The Kier molecular flexibility index (Phi) is 6.76. The van der Waals surface area contributed by atoms with Gasteiger partial charge in [0, 0.05) is 25.7 Å². The fraction of sp³-hybridized carbons (Fsp3) is 0.409. The summed E-state index contributed by atoms with van der Waals surface area (Å²) < 4.78 is 17.0. The van der Waals surface area contributed by atoms with E-state index < -0.39 is 0 Å². The number of benzene rings is 2. The highest BCUT2D eigenvalue weighted by atomic mass is 16.5. The fourth-order valence-corrected chi connectivity index (χ4v) is 3.58. The molecule has 0 spiro atoms. The topological polar surface area (TPSA) is 55.3 Å². The standard InChI is InChI=1S/C22H29N3O3/c1-16-8-5-6-10-18(16)20-15-25(12-13-28-20)22(23-2)24-14-17-9-7-11-19(26-3)21(17)27-4/h5-11,20H,12-15H2,1-4H3,(H,23,24). The largest absolute Gasteiger partial charge is 0.493 e. The van der Waals surface area contributed by atoms with Crippen molar-refractivity contribution in [3.05, 3.63) is 59.2 Å². The number of hydrogen-bond acceptors (Lipinski definition) is 4. The van der Waals surface area contributed by atoms with Crippen molar-refractivity contribution in [1.29, 1.82) is 0 Å². The van der Waals surface area contributed by atoms with E-state index in [9.17, 15) is 0 Å². The van der Waals surface area contributed by atoms with E-state index in [2.05, 4.69) is 46.4 Å². The summed E-state index contributed by atoms with van der Waals surface area (Å²) in [5.41, 5.74) is 3.50. The highest BCUT2D eigenvalue weighted by molar-refractivity contribution is 5.80. The van der Waals surface area contributed by atoms with Crippen LogP contribution in [-0.2, 0) is 11.3 Å². The number of rotatable bonds is 5. The van der Waals surface area contributed by atoms with E-state index in [0.29, 0.717) is 13.2 Å². The SMILES string of the molecule is CN=C(NCc1cccc(OC)c1OC)N1CCOC(c2ccccc2C)C1. The van der Waals surface area contributed by atoms with Gasteiger partial charge in [0.15, 0.2) is 17.5 Å². The Balaban J connectivity index is 1.70. The van der Waals surface area contributed by atoms with Crippen molar-refractivity contribution in [3.8, 4) is 11.5 Å². The zero-order valence-corrected chi connectivity index (χ0v) is 17.1. The van der Waals surface area contributed by atoms with Gasteiger partial charge >= 0.3 is 0 Å². The van der Waals surface area contributed by atoms with Crippen LogP contribution in [0.25, 0.3) is 0 Å². The van der Waals surface area contributed by atoms with E-state index >= 15 is 0 Å². The van der Waals surface area contributed by atoms with Crippen LogP contribution < -0.4 is 14.8 Å². The average molecular weight is 383 g/mol. The molecule has 0 aromatic heterocycles. The predicted octanol–water partition coefficient (Wildman–Crippen LogP) is 3.16. The molecule has 1 aliphatic rings. The summed E-state index contributed by atoms with van der Waals surface area (Å²) in [6.45, 7) is 4.96.